The van der Waals surface area contributed by atoms with Crippen LogP contribution in [0.15, 0.2) is 29.5 Å². The summed E-state index contributed by atoms with van der Waals surface area (Å²) in [5, 5.41) is 5.88. The molecule has 2 N–H and O–H groups in total. The van der Waals surface area contributed by atoms with E-state index in [1.165, 1.54) is 4.90 Å². The Labute approximate surface area is 218 Å². The van der Waals surface area contributed by atoms with Gasteiger partial charge in [0.25, 0.3) is 0 Å². The van der Waals surface area contributed by atoms with Gasteiger partial charge in [0.05, 0.1) is 32.4 Å². The van der Waals surface area contributed by atoms with Crippen LogP contribution in [0.25, 0.3) is 0 Å². The molecule has 204 valence electrons. The lowest BCUT2D eigenvalue weighted by Crippen LogP contribution is -2.58. The van der Waals surface area contributed by atoms with Gasteiger partial charge in [-0.05, 0) is 45.4 Å². The zero-order valence-corrected chi connectivity index (χ0v) is 22.8. The van der Waals surface area contributed by atoms with Crippen LogP contribution >= 0.6 is 0 Å². The normalized spacial score (nSPS) is 20.6. The minimum Gasteiger partial charge on any atom is -0.497 e. The van der Waals surface area contributed by atoms with Crippen LogP contribution in [0.3, 0.4) is 0 Å². The van der Waals surface area contributed by atoms with Gasteiger partial charge in [-0.2, -0.15) is 0 Å². The van der Waals surface area contributed by atoms with Crippen LogP contribution < -0.4 is 20.1 Å². The molecule has 2 aliphatic rings. The zero-order chi connectivity index (χ0) is 27.3. The summed E-state index contributed by atoms with van der Waals surface area (Å²) < 4.78 is 16.3. The Kier molecular flexibility index (Phi) is 9.25. The summed E-state index contributed by atoms with van der Waals surface area (Å²) in [7, 11) is 4.73. The highest BCUT2D eigenvalue weighted by molar-refractivity contribution is 5.95. The third kappa shape index (κ3) is 6.46. The van der Waals surface area contributed by atoms with Crippen LogP contribution in [0.5, 0.6) is 11.5 Å². The molecule has 0 aromatic heterocycles. The van der Waals surface area contributed by atoms with Crippen LogP contribution in [-0.4, -0.2) is 98.9 Å². The van der Waals surface area contributed by atoms with Gasteiger partial charge in [0.1, 0.15) is 11.5 Å². The fourth-order valence-corrected chi connectivity index (χ4v) is 4.66. The van der Waals surface area contributed by atoms with Crippen LogP contribution in [0.2, 0.25) is 0 Å². The highest BCUT2D eigenvalue weighted by Gasteiger charge is 2.38. The summed E-state index contributed by atoms with van der Waals surface area (Å²) in [4.78, 5) is 44.4. The average molecular weight is 518 g/mol. The van der Waals surface area contributed by atoms with E-state index >= 15 is 0 Å². The Hall–Kier alpha value is -3.47. The number of likely N-dealkylation sites (N-methyl/N-ethyl adjacent to an activating group) is 1. The molecule has 1 aromatic carbocycles. The fourth-order valence-electron chi connectivity index (χ4n) is 4.66. The van der Waals surface area contributed by atoms with Gasteiger partial charge in [-0.1, -0.05) is 0 Å². The number of ether oxygens (including phenoxy) is 3. The summed E-state index contributed by atoms with van der Waals surface area (Å²) in [5.41, 5.74) is 1.55. The van der Waals surface area contributed by atoms with Crippen molar-refractivity contribution in [3.05, 3.63) is 35.0 Å². The van der Waals surface area contributed by atoms with E-state index in [9.17, 15) is 14.4 Å². The largest absolute Gasteiger partial charge is 0.497 e. The highest BCUT2D eigenvalue weighted by atomic mass is 16.5. The predicted octanol–water partition coefficient (Wildman–Crippen LogP) is 2.34. The van der Waals surface area contributed by atoms with Gasteiger partial charge < -0.3 is 29.7 Å². The zero-order valence-electron chi connectivity index (χ0n) is 22.8. The van der Waals surface area contributed by atoms with Crippen LogP contribution in [0.1, 0.15) is 39.3 Å². The lowest BCUT2D eigenvalue weighted by atomic mass is 9.93. The van der Waals surface area contributed by atoms with E-state index in [0.717, 1.165) is 0 Å². The number of nitrogens with one attached hydrogen (secondary N) is 2. The molecule has 3 rings (SSSR count). The number of nitrogens with zero attached hydrogens (tertiary/aromatic N) is 3. The fraction of sp³-hybridized carbons (Fsp3) is 0.577. The Morgan fingerprint density at radius 1 is 1.14 bits per heavy atom. The molecule has 0 aliphatic carbocycles. The number of carbonyl (C=O) groups is 3. The monoisotopic (exact) mass is 517 g/mol. The van der Waals surface area contributed by atoms with Crippen molar-refractivity contribution in [2.45, 2.75) is 45.8 Å². The van der Waals surface area contributed by atoms with E-state index in [-0.39, 0.29) is 30.8 Å². The van der Waals surface area contributed by atoms with Gasteiger partial charge in [-0.25, -0.2) is 14.4 Å². The predicted molar refractivity (Wildman–Crippen MR) is 139 cm³/mol. The maximum Gasteiger partial charge on any atom is 0.338 e. The number of benzene rings is 1. The Bertz CT molecular complexity index is 1020. The molecule has 4 amide bonds. The summed E-state index contributed by atoms with van der Waals surface area (Å²) >= 11 is 0. The molecule has 2 atom stereocenters. The van der Waals surface area contributed by atoms with Crippen molar-refractivity contribution in [2.75, 3.05) is 54.1 Å². The molecule has 37 heavy (non-hydrogen) atoms. The molecular formula is C26H39N5O6. The minimum absolute atomic E-state index is 0.0414. The standard InChI is InChI=1S/C26H39N5O6/c1-8-37-24(32)22-21(15-30-9-10-31(17(4)14-30)26(34)27-16(2)3)29(5)25(33)28-23(22)18-11-19(35-6)13-20(12-18)36-7/h11-13,16-17,23H,8-10,14-15H2,1-7H3,(H,27,34)(H,28,33)/t17-,23-/m0/s1. The van der Waals surface area contributed by atoms with Gasteiger partial charge in [0.2, 0.25) is 0 Å². The summed E-state index contributed by atoms with van der Waals surface area (Å²) in [6.45, 7) is 9.88. The van der Waals surface area contributed by atoms with Gasteiger partial charge in [0.15, 0.2) is 0 Å². The van der Waals surface area contributed by atoms with Crippen molar-refractivity contribution in [3.8, 4) is 11.5 Å². The van der Waals surface area contributed by atoms with Crippen molar-refractivity contribution in [3.63, 3.8) is 0 Å². The van der Waals surface area contributed by atoms with Gasteiger partial charge in [0, 0.05) is 57.1 Å². The smallest absolute Gasteiger partial charge is 0.338 e. The molecule has 11 nitrogen and oxygen atoms in total. The number of methoxy groups -OCH3 is 2. The molecule has 11 heteroatoms. The number of rotatable bonds is 8. The average Bonchev–Trinajstić information content (AvgIpc) is 2.85. The molecule has 0 unspecified atom stereocenters. The van der Waals surface area contributed by atoms with E-state index in [1.54, 1.807) is 46.4 Å². The molecule has 0 spiro atoms. The highest BCUT2D eigenvalue weighted by Crippen LogP contribution is 2.35. The van der Waals surface area contributed by atoms with Crippen molar-refractivity contribution in [1.29, 1.82) is 0 Å². The summed E-state index contributed by atoms with van der Waals surface area (Å²) in [6.07, 6.45) is 0. The molecule has 0 radical (unpaired) electrons. The quantitative estimate of drug-likeness (QED) is 0.509. The third-order valence-electron chi connectivity index (χ3n) is 6.54. The molecule has 1 fully saturated rings. The first-order valence-corrected chi connectivity index (χ1v) is 12.6. The van der Waals surface area contributed by atoms with E-state index < -0.39 is 12.0 Å². The molecular weight excluding hydrogens is 478 g/mol. The van der Waals surface area contributed by atoms with Crippen molar-refractivity contribution in [1.82, 2.24) is 25.3 Å². The number of piperazine rings is 1. The van der Waals surface area contributed by atoms with Gasteiger partial charge >= 0.3 is 18.0 Å². The van der Waals surface area contributed by atoms with Crippen LogP contribution in [0.4, 0.5) is 9.59 Å². The van der Waals surface area contributed by atoms with Crippen molar-refractivity contribution >= 4 is 18.0 Å². The first-order valence-electron chi connectivity index (χ1n) is 12.6. The first kappa shape index (κ1) is 28.1. The van der Waals surface area contributed by atoms with E-state index in [2.05, 4.69) is 15.5 Å². The third-order valence-corrected chi connectivity index (χ3v) is 6.54. The van der Waals surface area contributed by atoms with E-state index in [4.69, 9.17) is 14.2 Å². The molecule has 1 aromatic rings. The Balaban J connectivity index is 1.97. The molecule has 0 saturated carbocycles. The second-order valence-electron chi connectivity index (χ2n) is 9.55. The number of hydrogen-bond acceptors (Lipinski definition) is 7. The summed E-state index contributed by atoms with van der Waals surface area (Å²) in [5.74, 6) is 0.577. The number of urea groups is 2. The number of amides is 4. The van der Waals surface area contributed by atoms with Crippen molar-refractivity contribution in [2.24, 2.45) is 0 Å². The molecule has 2 aliphatic heterocycles. The molecule has 0 bridgehead atoms. The maximum atomic E-state index is 13.3. The Morgan fingerprint density at radius 3 is 2.32 bits per heavy atom. The second kappa shape index (κ2) is 12.2. The topological polar surface area (TPSA) is 113 Å². The SMILES string of the molecule is CCOC(=O)C1=C(CN2CCN(C(=O)NC(C)C)[C@@H](C)C2)N(C)C(=O)N[C@H]1c1cc(OC)cc(OC)c1. The van der Waals surface area contributed by atoms with Crippen molar-refractivity contribution < 1.29 is 28.6 Å². The second-order valence-corrected chi connectivity index (χ2v) is 9.55. The number of carbonyl (C=O) groups excluding carboxylic acids is 3. The lowest BCUT2D eigenvalue weighted by molar-refractivity contribution is -0.139. The molecule has 2 heterocycles. The number of hydrogen-bond donors (Lipinski definition) is 2. The van der Waals surface area contributed by atoms with Crippen LogP contribution in [0, 0.1) is 0 Å². The van der Waals surface area contributed by atoms with Gasteiger partial charge in [-0.15, -0.1) is 0 Å². The first-order chi connectivity index (χ1) is 17.6. The summed E-state index contributed by atoms with van der Waals surface area (Å²) in [6, 6.07) is 4.10. The number of esters is 1. The van der Waals surface area contributed by atoms with E-state index in [1.807, 2.05) is 25.7 Å². The lowest BCUT2D eigenvalue weighted by Gasteiger charge is -2.42. The Morgan fingerprint density at radius 2 is 1.78 bits per heavy atom. The van der Waals surface area contributed by atoms with Crippen LogP contribution in [-0.2, 0) is 9.53 Å². The maximum absolute atomic E-state index is 13.3. The van der Waals surface area contributed by atoms with Gasteiger partial charge in [-0.3, -0.25) is 9.80 Å². The molecule has 1 saturated heterocycles. The van der Waals surface area contributed by atoms with E-state index in [0.29, 0.717) is 54.5 Å². The minimum atomic E-state index is -0.753.